The maximum atomic E-state index is 14.0. The molecule has 1 saturated heterocycles. The summed E-state index contributed by atoms with van der Waals surface area (Å²) in [6, 6.07) is 17.5. The number of aliphatic hydroxyl groups excluding tert-OH is 1. The van der Waals surface area contributed by atoms with Crippen LogP contribution in [0.5, 0.6) is 0 Å². The molecule has 0 radical (unpaired) electrons. The minimum absolute atomic E-state index is 0.258. The zero-order chi connectivity index (χ0) is 21.6. The van der Waals surface area contributed by atoms with E-state index in [-0.39, 0.29) is 17.7 Å². The molecule has 160 valence electrons. The number of para-hydroxylation sites is 1. The number of likely N-dealkylation sites (tertiary alicyclic amines) is 1. The largest absolute Gasteiger partial charge is 0.392 e. The average Bonchev–Trinajstić information content (AvgIpc) is 3.19. The minimum Gasteiger partial charge on any atom is -0.392 e. The number of hydrogen-bond acceptors (Lipinski definition) is 5. The van der Waals surface area contributed by atoms with Crippen LogP contribution in [-0.4, -0.2) is 40.1 Å². The van der Waals surface area contributed by atoms with Gasteiger partial charge in [0.2, 0.25) is 0 Å². The van der Waals surface area contributed by atoms with Crippen molar-refractivity contribution in [2.24, 2.45) is 0 Å². The third-order valence-electron chi connectivity index (χ3n) is 5.38. The molecule has 1 amide bonds. The van der Waals surface area contributed by atoms with Gasteiger partial charge < -0.3 is 15.7 Å². The van der Waals surface area contributed by atoms with Gasteiger partial charge in [-0.05, 0) is 41.8 Å². The molecule has 6 nitrogen and oxygen atoms in total. The number of nitrogens with one attached hydrogen (secondary N) is 2. The first kappa shape index (κ1) is 21.0. The van der Waals surface area contributed by atoms with Gasteiger partial charge in [-0.1, -0.05) is 36.4 Å². The summed E-state index contributed by atoms with van der Waals surface area (Å²) in [5, 5.41) is 15.6. The Morgan fingerprint density at radius 2 is 1.87 bits per heavy atom. The third-order valence-corrected chi connectivity index (χ3v) is 5.38. The zero-order valence-electron chi connectivity index (χ0n) is 17.1. The fourth-order valence-electron chi connectivity index (χ4n) is 3.73. The van der Waals surface area contributed by atoms with Crippen LogP contribution >= 0.6 is 0 Å². The number of amides is 1. The lowest BCUT2D eigenvalue weighted by Crippen LogP contribution is -2.26. The smallest absolute Gasteiger partial charge is 0.255 e. The summed E-state index contributed by atoms with van der Waals surface area (Å²) < 4.78 is 14.0. The first-order chi connectivity index (χ1) is 15.1. The van der Waals surface area contributed by atoms with Crippen LogP contribution in [0, 0.1) is 5.82 Å². The molecular weight excluding hydrogens is 395 g/mol. The fraction of sp³-hybridized carbons (Fsp3) is 0.250. The fourth-order valence-corrected chi connectivity index (χ4v) is 3.73. The standard InChI is InChI=1S/C24H25FN4O2/c25-21-9-3-4-10-22(21)28-23-20(8-5-12-26-23)24(31)27-14-17-6-1-2-7-18(17)15-29-13-11-19(30)16-29/h1-10,12,19,30H,11,13-16H2,(H,26,28)(H,27,31). The van der Waals surface area contributed by atoms with E-state index in [0.717, 1.165) is 30.6 Å². The number of carbonyl (C=O) groups is 1. The van der Waals surface area contributed by atoms with Crippen LogP contribution in [0.3, 0.4) is 0 Å². The number of nitrogens with zero attached hydrogens (tertiary/aromatic N) is 2. The second-order valence-electron chi connectivity index (χ2n) is 7.63. The normalized spacial score (nSPS) is 16.3. The van der Waals surface area contributed by atoms with Gasteiger partial charge in [0, 0.05) is 32.4 Å². The summed E-state index contributed by atoms with van der Waals surface area (Å²) in [6.45, 7) is 2.62. The van der Waals surface area contributed by atoms with Crippen molar-refractivity contribution in [3.05, 3.63) is 89.4 Å². The molecule has 1 aromatic heterocycles. The predicted molar refractivity (Wildman–Crippen MR) is 117 cm³/mol. The van der Waals surface area contributed by atoms with Crippen molar-refractivity contribution < 1.29 is 14.3 Å². The van der Waals surface area contributed by atoms with Crippen molar-refractivity contribution in [2.75, 3.05) is 18.4 Å². The molecule has 1 aliphatic rings. The lowest BCUT2D eigenvalue weighted by Gasteiger charge is -2.18. The van der Waals surface area contributed by atoms with E-state index < -0.39 is 5.82 Å². The Morgan fingerprint density at radius 3 is 2.65 bits per heavy atom. The number of hydrogen-bond donors (Lipinski definition) is 3. The van der Waals surface area contributed by atoms with Gasteiger partial charge in [0.05, 0.1) is 17.4 Å². The molecule has 1 unspecified atom stereocenters. The number of carbonyl (C=O) groups excluding carboxylic acids is 1. The first-order valence-corrected chi connectivity index (χ1v) is 10.3. The maximum Gasteiger partial charge on any atom is 0.255 e. The third kappa shape index (κ3) is 5.25. The summed E-state index contributed by atoms with van der Waals surface area (Å²) in [6.07, 6.45) is 2.08. The molecular formula is C24H25FN4O2. The minimum atomic E-state index is -0.416. The second-order valence-corrected chi connectivity index (χ2v) is 7.63. The summed E-state index contributed by atoms with van der Waals surface area (Å²) >= 11 is 0. The van der Waals surface area contributed by atoms with Gasteiger partial charge in [-0.3, -0.25) is 9.69 Å². The van der Waals surface area contributed by atoms with Gasteiger partial charge >= 0.3 is 0 Å². The van der Waals surface area contributed by atoms with Crippen molar-refractivity contribution in [2.45, 2.75) is 25.6 Å². The van der Waals surface area contributed by atoms with Crippen LogP contribution in [0.4, 0.5) is 15.9 Å². The molecule has 0 bridgehead atoms. The highest BCUT2D eigenvalue weighted by molar-refractivity contribution is 5.99. The molecule has 7 heteroatoms. The van der Waals surface area contributed by atoms with Crippen LogP contribution < -0.4 is 10.6 Å². The number of aliphatic hydroxyl groups is 1. The number of β-amino-alcohol motifs (C(OH)–C–C–N with tert-alkyl or cyclic N) is 1. The lowest BCUT2D eigenvalue weighted by atomic mass is 10.1. The van der Waals surface area contributed by atoms with Crippen molar-refractivity contribution in [1.82, 2.24) is 15.2 Å². The summed E-state index contributed by atoms with van der Waals surface area (Å²) in [5.74, 6) is -0.414. The van der Waals surface area contributed by atoms with E-state index >= 15 is 0 Å². The molecule has 0 aliphatic carbocycles. The molecule has 2 heterocycles. The van der Waals surface area contributed by atoms with Crippen LogP contribution in [0.15, 0.2) is 66.9 Å². The molecule has 4 rings (SSSR count). The van der Waals surface area contributed by atoms with E-state index in [1.807, 2.05) is 24.3 Å². The summed E-state index contributed by atoms with van der Waals surface area (Å²) in [7, 11) is 0. The van der Waals surface area contributed by atoms with Gasteiger partial charge in [0.1, 0.15) is 11.6 Å². The lowest BCUT2D eigenvalue weighted by molar-refractivity contribution is 0.0951. The highest BCUT2D eigenvalue weighted by Gasteiger charge is 2.21. The SMILES string of the molecule is O=C(NCc1ccccc1CN1CCC(O)C1)c1cccnc1Nc1ccccc1F. The maximum absolute atomic E-state index is 14.0. The second kappa shape index (κ2) is 9.68. The molecule has 0 saturated carbocycles. The molecule has 3 N–H and O–H groups in total. The van der Waals surface area contributed by atoms with E-state index in [4.69, 9.17) is 0 Å². The van der Waals surface area contributed by atoms with Crippen molar-refractivity contribution in [3.8, 4) is 0 Å². The van der Waals surface area contributed by atoms with Gasteiger partial charge in [-0.2, -0.15) is 0 Å². The topological polar surface area (TPSA) is 77.5 Å². The van der Waals surface area contributed by atoms with Crippen LogP contribution in [0.25, 0.3) is 0 Å². The Morgan fingerprint density at radius 1 is 1.10 bits per heavy atom. The molecule has 1 fully saturated rings. The Balaban J connectivity index is 1.45. The Hall–Kier alpha value is -3.29. The van der Waals surface area contributed by atoms with E-state index in [2.05, 4.69) is 20.5 Å². The van der Waals surface area contributed by atoms with Gasteiger partial charge in [-0.25, -0.2) is 9.37 Å². The average molecular weight is 420 g/mol. The summed E-state index contributed by atoms with van der Waals surface area (Å²) in [5.41, 5.74) is 2.73. The number of benzene rings is 2. The van der Waals surface area contributed by atoms with Crippen molar-refractivity contribution in [3.63, 3.8) is 0 Å². The van der Waals surface area contributed by atoms with Gasteiger partial charge in [0.15, 0.2) is 0 Å². The Labute approximate surface area is 180 Å². The first-order valence-electron chi connectivity index (χ1n) is 10.3. The van der Waals surface area contributed by atoms with E-state index in [1.165, 1.54) is 6.07 Å². The predicted octanol–water partition coefficient (Wildman–Crippen LogP) is 3.46. The van der Waals surface area contributed by atoms with Crippen LogP contribution in [-0.2, 0) is 13.1 Å². The molecule has 1 atom stereocenters. The monoisotopic (exact) mass is 420 g/mol. The summed E-state index contributed by atoms with van der Waals surface area (Å²) in [4.78, 5) is 19.3. The van der Waals surface area contributed by atoms with Crippen molar-refractivity contribution in [1.29, 1.82) is 0 Å². The molecule has 0 spiro atoms. The van der Waals surface area contributed by atoms with Gasteiger partial charge in [-0.15, -0.1) is 0 Å². The number of halogens is 1. The highest BCUT2D eigenvalue weighted by atomic mass is 19.1. The Bertz CT molecular complexity index is 1060. The Kier molecular flexibility index (Phi) is 6.54. The number of pyridine rings is 1. The molecule has 2 aromatic carbocycles. The van der Waals surface area contributed by atoms with E-state index in [1.54, 1.807) is 36.5 Å². The zero-order valence-corrected chi connectivity index (χ0v) is 17.1. The van der Waals surface area contributed by atoms with Crippen LogP contribution in [0.2, 0.25) is 0 Å². The van der Waals surface area contributed by atoms with Crippen molar-refractivity contribution >= 4 is 17.4 Å². The van der Waals surface area contributed by atoms with E-state index in [0.29, 0.717) is 24.5 Å². The molecule has 3 aromatic rings. The quantitative estimate of drug-likeness (QED) is 0.546. The number of aromatic nitrogens is 1. The number of anilines is 2. The van der Waals surface area contributed by atoms with Gasteiger partial charge in [0.25, 0.3) is 5.91 Å². The van der Waals surface area contributed by atoms with Crippen LogP contribution in [0.1, 0.15) is 27.9 Å². The van der Waals surface area contributed by atoms with E-state index in [9.17, 15) is 14.3 Å². The number of rotatable bonds is 7. The highest BCUT2D eigenvalue weighted by Crippen LogP contribution is 2.21. The molecule has 1 aliphatic heterocycles. The molecule has 31 heavy (non-hydrogen) atoms.